The lowest BCUT2D eigenvalue weighted by Gasteiger charge is -2.05. The van der Waals surface area contributed by atoms with E-state index in [0.717, 1.165) is 34.7 Å². The van der Waals surface area contributed by atoms with Crippen LogP contribution in [0.4, 0.5) is 10.8 Å². The van der Waals surface area contributed by atoms with Crippen LogP contribution in [-0.4, -0.2) is 32.7 Å². The first-order valence-electron chi connectivity index (χ1n) is 11.3. The summed E-state index contributed by atoms with van der Waals surface area (Å²) in [5.74, 6) is 0.652. The number of fused-ring (bicyclic) bond motifs is 1. The van der Waals surface area contributed by atoms with Gasteiger partial charge in [0, 0.05) is 21.5 Å². The Morgan fingerprint density at radius 1 is 0.921 bits per heavy atom. The van der Waals surface area contributed by atoms with Crippen LogP contribution in [0.25, 0.3) is 10.2 Å². The molecule has 2 aromatic heterocycles. The zero-order chi connectivity index (χ0) is 26.5. The van der Waals surface area contributed by atoms with Crippen LogP contribution >= 0.6 is 62.1 Å². The minimum absolute atomic E-state index is 0.157. The topological polar surface area (TPSA) is 96.9 Å². The van der Waals surface area contributed by atoms with Gasteiger partial charge in [-0.05, 0) is 55.0 Å². The molecule has 0 aliphatic heterocycles. The molecule has 5 aromatic rings. The smallest absolute Gasteiger partial charge is 0.255 e. The molecule has 0 spiro atoms. The number of rotatable bonds is 9. The van der Waals surface area contributed by atoms with Crippen LogP contribution in [0.1, 0.15) is 21.5 Å². The number of carbonyl (C=O) groups excluding carboxylic acids is 2. The molecule has 0 bridgehead atoms. The van der Waals surface area contributed by atoms with Crippen molar-refractivity contribution in [3.05, 3.63) is 87.9 Å². The van der Waals surface area contributed by atoms with Gasteiger partial charge in [-0.25, -0.2) is 4.98 Å². The number of hydrogen-bond donors (Lipinski definition) is 2. The van der Waals surface area contributed by atoms with Crippen molar-refractivity contribution in [3.8, 4) is 0 Å². The molecule has 0 aliphatic carbocycles. The highest BCUT2D eigenvalue weighted by Crippen LogP contribution is 2.32. The van der Waals surface area contributed by atoms with Crippen molar-refractivity contribution < 1.29 is 9.59 Å². The molecule has 2 heterocycles. The lowest BCUT2D eigenvalue weighted by atomic mass is 10.1. The van der Waals surface area contributed by atoms with Crippen molar-refractivity contribution in [3.63, 3.8) is 0 Å². The fourth-order valence-electron chi connectivity index (χ4n) is 3.41. The number of hydrogen-bond acceptors (Lipinski definition) is 9. The number of nitrogens with zero attached hydrogens (tertiary/aromatic N) is 3. The van der Waals surface area contributed by atoms with Gasteiger partial charge < -0.3 is 5.32 Å². The number of thioether (sulfide) groups is 2. The Morgan fingerprint density at radius 3 is 2.63 bits per heavy atom. The number of benzene rings is 3. The van der Waals surface area contributed by atoms with Gasteiger partial charge in [0.15, 0.2) is 8.68 Å². The number of aromatic nitrogens is 3. The summed E-state index contributed by atoms with van der Waals surface area (Å²) in [6, 6.07) is 21.2. The zero-order valence-corrected chi connectivity index (χ0v) is 24.8. The van der Waals surface area contributed by atoms with E-state index in [4.69, 9.17) is 0 Å². The molecule has 0 atom stereocenters. The number of thiazole rings is 1. The van der Waals surface area contributed by atoms with E-state index >= 15 is 0 Å². The second-order valence-electron chi connectivity index (χ2n) is 8.11. The second-order valence-corrected chi connectivity index (χ2v) is 13.5. The van der Waals surface area contributed by atoms with Gasteiger partial charge in [0.1, 0.15) is 0 Å². The normalized spacial score (nSPS) is 11.0. The molecule has 0 aliphatic rings. The van der Waals surface area contributed by atoms with Gasteiger partial charge in [0.25, 0.3) is 5.91 Å². The van der Waals surface area contributed by atoms with E-state index in [0.29, 0.717) is 16.4 Å². The molecule has 38 heavy (non-hydrogen) atoms. The summed E-state index contributed by atoms with van der Waals surface area (Å²) in [6.45, 7) is 1.95. The third-order valence-corrected chi connectivity index (χ3v) is 9.84. The van der Waals surface area contributed by atoms with Gasteiger partial charge in [-0.1, -0.05) is 80.6 Å². The van der Waals surface area contributed by atoms with Crippen molar-refractivity contribution >= 4 is 95.0 Å². The Morgan fingerprint density at radius 2 is 1.79 bits per heavy atom. The maximum absolute atomic E-state index is 12.6. The van der Waals surface area contributed by atoms with Gasteiger partial charge in [0.2, 0.25) is 11.0 Å². The minimum atomic E-state index is -0.167. The molecule has 192 valence electrons. The third-order valence-electron chi connectivity index (χ3n) is 5.14. The van der Waals surface area contributed by atoms with Crippen LogP contribution in [0.2, 0.25) is 0 Å². The SMILES string of the molecule is Cc1cccc(C(=O)Nc2ccc3nc(SCC(=O)Nc4nnc(SCc5cccc(Br)c5)s4)sc3c2)c1. The Hall–Kier alpha value is -2.77. The Kier molecular flexibility index (Phi) is 8.75. The maximum Gasteiger partial charge on any atom is 0.255 e. The number of anilines is 2. The van der Waals surface area contributed by atoms with Crippen molar-refractivity contribution in [2.75, 3.05) is 16.4 Å². The minimum Gasteiger partial charge on any atom is -0.322 e. The predicted octanol–water partition coefficient (Wildman–Crippen LogP) is 7.49. The summed E-state index contributed by atoms with van der Waals surface area (Å²) in [6.07, 6.45) is 0. The lowest BCUT2D eigenvalue weighted by Crippen LogP contribution is -2.13. The highest BCUT2D eigenvalue weighted by Gasteiger charge is 2.13. The van der Waals surface area contributed by atoms with Crippen molar-refractivity contribution in [2.24, 2.45) is 0 Å². The monoisotopic (exact) mass is 641 g/mol. The molecular weight excluding hydrogens is 622 g/mol. The van der Waals surface area contributed by atoms with E-state index in [-0.39, 0.29) is 17.6 Å². The van der Waals surface area contributed by atoms with E-state index in [2.05, 4.69) is 53.9 Å². The van der Waals surface area contributed by atoms with Crippen LogP contribution < -0.4 is 10.6 Å². The Bertz CT molecular complexity index is 1620. The fraction of sp³-hybridized carbons (Fsp3) is 0.115. The molecule has 0 radical (unpaired) electrons. The first-order valence-corrected chi connectivity index (χ1v) is 15.7. The number of halogens is 1. The van der Waals surface area contributed by atoms with Crippen molar-refractivity contribution in [1.82, 2.24) is 15.2 Å². The average Bonchev–Trinajstić information content (AvgIpc) is 3.52. The van der Waals surface area contributed by atoms with E-state index in [1.165, 1.54) is 40.0 Å². The first-order chi connectivity index (χ1) is 18.4. The number of nitrogens with one attached hydrogen (secondary N) is 2. The first kappa shape index (κ1) is 26.8. The molecular formula is C26H20BrN5O2S4. The second kappa shape index (κ2) is 12.4. The van der Waals surface area contributed by atoms with E-state index in [1.54, 1.807) is 17.8 Å². The average molecular weight is 643 g/mol. The van der Waals surface area contributed by atoms with Gasteiger partial charge >= 0.3 is 0 Å². The summed E-state index contributed by atoms with van der Waals surface area (Å²) < 4.78 is 3.55. The lowest BCUT2D eigenvalue weighted by molar-refractivity contribution is -0.113. The standard InChI is InChI=1S/C26H20BrN5O2S4/c1-15-4-2-6-17(10-15)23(34)28-19-8-9-20-21(12-19)37-25(29-20)36-14-22(33)30-24-31-32-26(38-24)35-13-16-5-3-7-18(27)11-16/h2-12H,13-14H2,1H3,(H,28,34)(H,30,31,33). The number of aryl methyl sites for hydroxylation is 1. The quantitative estimate of drug-likeness (QED) is 0.127. The van der Waals surface area contributed by atoms with E-state index < -0.39 is 0 Å². The van der Waals surface area contributed by atoms with Crippen LogP contribution in [0, 0.1) is 6.92 Å². The summed E-state index contributed by atoms with van der Waals surface area (Å²) in [5, 5.41) is 14.5. The predicted molar refractivity (Wildman–Crippen MR) is 162 cm³/mol. The number of amides is 2. The summed E-state index contributed by atoms with van der Waals surface area (Å²) in [4.78, 5) is 29.7. The van der Waals surface area contributed by atoms with Crippen LogP contribution in [0.15, 0.2) is 79.9 Å². The Labute approximate surface area is 244 Å². The molecule has 2 amide bonds. The molecule has 2 N–H and O–H groups in total. The zero-order valence-electron chi connectivity index (χ0n) is 19.9. The molecule has 0 fully saturated rings. The molecule has 12 heteroatoms. The highest BCUT2D eigenvalue weighted by atomic mass is 79.9. The van der Waals surface area contributed by atoms with Gasteiger partial charge in [0.05, 0.1) is 16.0 Å². The van der Waals surface area contributed by atoms with Crippen molar-refractivity contribution in [2.45, 2.75) is 21.4 Å². The van der Waals surface area contributed by atoms with E-state index in [9.17, 15) is 9.59 Å². The molecule has 7 nitrogen and oxygen atoms in total. The summed E-state index contributed by atoms with van der Waals surface area (Å²) >= 11 is 9.26. The van der Waals surface area contributed by atoms with E-state index in [1.807, 2.05) is 55.5 Å². The molecule has 0 unspecified atom stereocenters. The molecule has 3 aromatic carbocycles. The Balaban J connectivity index is 1.13. The van der Waals surface area contributed by atoms with Gasteiger partial charge in [-0.3, -0.25) is 14.9 Å². The molecule has 0 saturated heterocycles. The van der Waals surface area contributed by atoms with Crippen LogP contribution in [0.5, 0.6) is 0 Å². The molecule has 0 saturated carbocycles. The largest absolute Gasteiger partial charge is 0.322 e. The van der Waals surface area contributed by atoms with Crippen molar-refractivity contribution in [1.29, 1.82) is 0 Å². The number of carbonyl (C=O) groups is 2. The molecule has 5 rings (SSSR count). The summed E-state index contributed by atoms with van der Waals surface area (Å²) in [5.41, 5.74) is 4.35. The van der Waals surface area contributed by atoms with Gasteiger partial charge in [-0.2, -0.15) is 0 Å². The fourth-order valence-corrected chi connectivity index (χ4v) is 7.47. The van der Waals surface area contributed by atoms with Crippen LogP contribution in [0.3, 0.4) is 0 Å². The maximum atomic E-state index is 12.6. The van der Waals surface area contributed by atoms with Crippen LogP contribution in [-0.2, 0) is 10.5 Å². The third kappa shape index (κ3) is 7.20. The van der Waals surface area contributed by atoms with Gasteiger partial charge in [-0.15, -0.1) is 21.5 Å². The highest BCUT2D eigenvalue weighted by molar-refractivity contribution is 9.10. The summed E-state index contributed by atoms with van der Waals surface area (Å²) in [7, 11) is 0.